The van der Waals surface area contributed by atoms with Gasteiger partial charge in [-0.2, -0.15) is 0 Å². The maximum atomic E-state index is 10.1. The molecule has 1 heterocycles. The average molecular weight is 286 g/mol. The summed E-state index contributed by atoms with van der Waals surface area (Å²) < 4.78 is 6.02. The number of hydrogen-bond acceptors (Lipinski definition) is 2. The maximum absolute atomic E-state index is 10.1. The fraction of sp³-hybridized carbons (Fsp3) is 0. The highest BCUT2D eigenvalue weighted by molar-refractivity contribution is 6.03. The summed E-state index contributed by atoms with van der Waals surface area (Å²) in [5.74, 6) is 0.945. The minimum absolute atomic E-state index is 0.164. The number of phenolic OH excluding ortho intramolecular Hbond substituents is 1. The molecule has 4 rings (SSSR count). The van der Waals surface area contributed by atoms with Crippen LogP contribution in [-0.2, 0) is 0 Å². The van der Waals surface area contributed by atoms with Crippen molar-refractivity contribution >= 4 is 11.0 Å². The van der Waals surface area contributed by atoms with Gasteiger partial charge in [-0.3, -0.25) is 0 Å². The van der Waals surface area contributed by atoms with E-state index >= 15 is 0 Å². The summed E-state index contributed by atoms with van der Waals surface area (Å²) in [6.07, 6.45) is 0. The van der Waals surface area contributed by atoms with Gasteiger partial charge in [0.25, 0.3) is 0 Å². The summed E-state index contributed by atoms with van der Waals surface area (Å²) in [5, 5.41) is 11.0. The first-order valence-corrected chi connectivity index (χ1v) is 7.20. The summed E-state index contributed by atoms with van der Waals surface area (Å²) in [4.78, 5) is 0. The second-order valence-corrected chi connectivity index (χ2v) is 5.19. The van der Waals surface area contributed by atoms with Crippen molar-refractivity contribution in [1.29, 1.82) is 0 Å². The zero-order valence-electron chi connectivity index (χ0n) is 11.9. The quantitative estimate of drug-likeness (QED) is 0.530. The third-order valence-corrected chi connectivity index (χ3v) is 3.79. The molecule has 4 aromatic rings. The van der Waals surface area contributed by atoms with Gasteiger partial charge in [0.15, 0.2) is 11.3 Å². The van der Waals surface area contributed by atoms with E-state index < -0.39 is 0 Å². The first-order chi connectivity index (χ1) is 10.8. The molecule has 0 bridgehead atoms. The van der Waals surface area contributed by atoms with Crippen molar-refractivity contribution in [2.24, 2.45) is 0 Å². The molecule has 3 aromatic carbocycles. The molecule has 0 unspecified atom stereocenters. The van der Waals surface area contributed by atoms with E-state index in [2.05, 4.69) is 12.1 Å². The summed E-state index contributed by atoms with van der Waals surface area (Å²) >= 11 is 0. The van der Waals surface area contributed by atoms with Crippen LogP contribution in [0.3, 0.4) is 0 Å². The van der Waals surface area contributed by atoms with Crippen LogP contribution in [-0.4, -0.2) is 5.11 Å². The first kappa shape index (κ1) is 12.7. The highest BCUT2D eigenvalue weighted by Gasteiger charge is 2.18. The SMILES string of the molecule is Oc1cccc2c(-c3ccccc3)c(-c3ccccc3)oc12. The third kappa shape index (κ3) is 1.97. The van der Waals surface area contributed by atoms with Crippen molar-refractivity contribution in [2.75, 3.05) is 0 Å². The molecular weight excluding hydrogens is 272 g/mol. The molecule has 1 N–H and O–H groups in total. The van der Waals surface area contributed by atoms with Crippen LogP contribution in [0.25, 0.3) is 33.4 Å². The van der Waals surface area contributed by atoms with Crippen molar-refractivity contribution in [3.05, 3.63) is 78.9 Å². The van der Waals surface area contributed by atoms with Crippen LogP contribution >= 0.6 is 0 Å². The molecule has 0 atom stereocenters. The molecule has 0 saturated carbocycles. The van der Waals surface area contributed by atoms with Crippen LogP contribution in [0, 0.1) is 0 Å². The van der Waals surface area contributed by atoms with Gasteiger partial charge in [-0.25, -0.2) is 0 Å². The smallest absolute Gasteiger partial charge is 0.177 e. The maximum Gasteiger partial charge on any atom is 0.177 e. The van der Waals surface area contributed by atoms with E-state index in [1.54, 1.807) is 6.07 Å². The lowest BCUT2D eigenvalue weighted by Crippen LogP contribution is -1.80. The van der Waals surface area contributed by atoms with Gasteiger partial charge in [-0.15, -0.1) is 0 Å². The minimum Gasteiger partial charge on any atom is -0.504 e. The third-order valence-electron chi connectivity index (χ3n) is 3.79. The predicted molar refractivity (Wildman–Crippen MR) is 88.8 cm³/mol. The lowest BCUT2D eigenvalue weighted by atomic mass is 9.98. The number of furan rings is 1. The molecule has 2 heteroatoms. The van der Waals surface area contributed by atoms with Gasteiger partial charge >= 0.3 is 0 Å². The highest BCUT2D eigenvalue weighted by Crippen LogP contribution is 2.43. The summed E-state index contributed by atoms with van der Waals surface area (Å²) in [5.41, 5.74) is 3.61. The lowest BCUT2D eigenvalue weighted by Gasteiger charge is -2.03. The molecule has 0 saturated heterocycles. The van der Waals surface area contributed by atoms with Gasteiger partial charge in [0.05, 0.1) is 0 Å². The van der Waals surface area contributed by atoms with Crippen molar-refractivity contribution in [3.8, 4) is 28.2 Å². The van der Waals surface area contributed by atoms with Gasteiger partial charge in [-0.1, -0.05) is 72.8 Å². The van der Waals surface area contributed by atoms with Crippen LogP contribution in [0.5, 0.6) is 5.75 Å². The van der Waals surface area contributed by atoms with Crippen molar-refractivity contribution in [1.82, 2.24) is 0 Å². The normalized spacial score (nSPS) is 10.9. The molecule has 0 aliphatic carbocycles. The second-order valence-electron chi connectivity index (χ2n) is 5.19. The molecule has 2 nitrogen and oxygen atoms in total. The molecule has 0 radical (unpaired) electrons. The van der Waals surface area contributed by atoms with E-state index in [1.807, 2.05) is 60.7 Å². The van der Waals surface area contributed by atoms with Crippen molar-refractivity contribution in [2.45, 2.75) is 0 Å². The zero-order valence-corrected chi connectivity index (χ0v) is 11.9. The number of phenols is 1. The topological polar surface area (TPSA) is 33.4 Å². The molecule has 0 aliphatic rings. The van der Waals surface area contributed by atoms with Crippen LogP contribution in [0.15, 0.2) is 83.3 Å². The van der Waals surface area contributed by atoms with Gasteiger partial charge in [0, 0.05) is 16.5 Å². The Kier molecular flexibility index (Phi) is 2.94. The molecule has 0 aliphatic heterocycles. The van der Waals surface area contributed by atoms with Crippen molar-refractivity contribution in [3.63, 3.8) is 0 Å². The Bertz CT molecular complexity index is 922. The van der Waals surface area contributed by atoms with Crippen LogP contribution in [0.4, 0.5) is 0 Å². The number of aromatic hydroxyl groups is 1. The monoisotopic (exact) mass is 286 g/mol. The number of rotatable bonds is 2. The summed E-state index contributed by atoms with van der Waals surface area (Å²) in [6.45, 7) is 0. The second kappa shape index (κ2) is 5.08. The summed E-state index contributed by atoms with van der Waals surface area (Å²) in [6, 6.07) is 25.6. The van der Waals surface area contributed by atoms with E-state index in [9.17, 15) is 5.11 Å². The molecule has 0 fully saturated rings. The Morgan fingerprint density at radius 1 is 0.636 bits per heavy atom. The predicted octanol–water partition coefficient (Wildman–Crippen LogP) is 5.47. The standard InChI is InChI=1S/C20H14O2/c21-17-13-7-12-16-18(14-8-3-1-4-9-14)19(22-20(16)17)15-10-5-2-6-11-15/h1-13,21H. The minimum atomic E-state index is 0.164. The largest absolute Gasteiger partial charge is 0.504 e. The Morgan fingerprint density at radius 2 is 1.27 bits per heavy atom. The fourth-order valence-electron chi connectivity index (χ4n) is 2.79. The highest BCUT2D eigenvalue weighted by atomic mass is 16.4. The van der Waals surface area contributed by atoms with E-state index in [0.717, 1.165) is 27.8 Å². The number of hydrogen-bond donors (Lipinski definition) is 1. The van der Waals surface area contributed by atoms with Gasteiger partial charge < -0.3 is 9.52 Å². The van der Waals surface area contributed by atoms with Gasteiger partial charge in [-0.05, 0) is 11.6 Å². The molecule has 22 heavy (non-hydrogen) atoms. The van der Waals surface area contributed by atoms with E-state index in [1.165, 1.54) is 0 Å². The number of benzene rings is 3. The zero-order chi connectivity index (χ0) is 14.9. The fourth-order valence-corrected chi connectivity index (χ4v) is 2.79. The number of para-hydroxylation sites is 1. The first-order valence-electron chi connectivity index (χ1n) is 7.20. The van der Waals surface area contributed by atoms with Crippen molar-refractivity contribution < 1.29 is 9.52 Å². The van der Waals surface area contributed by atoms with Crippen LogP contribution < -0.4 is 0 Å². The Labute approximate surface area is 128 Å². The molecule has 1 aromatic heterocycles. The Morgan fingerprint density at radius 3 is 1.95 bits per heavy atom. The summed E-state index contributed by atoms with van der Waals surface area (Å²) in [7, 11) is 0. The van der Waals surface area contributed by atoms with Crippen LogP contribution in [0.1, 0.15) is 0 Å². The van der Waals surface area contributed by atoms with E-state index in [4.69, 9.17) is 4.42 Å². The average Bonchev–Trinajstić information content (AvgIpc) is 2.97. The molecule has 0 amide bonds. The number of fused-ring (bicyclic) bond motifs is 1. The molecular formula is C20H14O2. The van der Waals surface area contributed by atoms with E-state index in [-0.39, 0.29) is 5.75 Å². The van der Waals surface area contributed by atoms with Crippen LogP contribution in [0.2, 0.25) is 0 Å². The van der Waals surface area contributed by atoms with Gasteiger partial charge in [0.1, 0.15) is 5.76 Å². The van der Waals surface area contributed by atoms with E-state index in [0.29, 0.717) is 5.58 Å². The Hall–Kier alpha value is -3.00. The lowest BCUT2D eigenvalue weighted by molar-refractivity contribution is 0.466. The van der Waals surface area contributed by atoms with Gasteiger partial charge in [0.2, 0.25) is 0 Å². The molecule has 106 valence electrons. The molecule has 0 spiro atoms. The Balaban J connectivity index is 2.10.